The second-order valence-electron chi connectivity index (χ2n) is 5.45. The van der Waals surface area contributed by atoms with E-state index in [0.717, 1.165) is 12.1 Å². The molecule has 0 spiro atoms. The van der Waals surface area contributed by atoms with Crippen LogP contribution in [0.2, 0.25) is 0 Å². The van der Waals surface area contributed by atoms with E-state index < -0.39 is 17.7 Å². The van der Waals surface area contributed by atoms with E-state index in [1.54, 1.807) is 20.8 Å². The number of halogens is 2. The van der Waals surface area contributed by atoms with Crippen LogP contribution in [0.4, 0.5) is 14.5 Å². The summed E-state index contributed by atoms with van der Waals surface area (Å²) < 4.78 is 26.8. The maximum atomic E-state index is 13.8. The van der Waals surface area contributed by atoms with Gasteiger partial charge < -0.3 is 9.80 Å². The zero-order chi connectivity index (χ0) is 15.7. The van der Waals surface area contributed by atoms with Crippen LogP contribution in [0.5, 0.6) is 0 Å². The van der Waals surface area contributed by atoms with Crippen molar-refractivity contribution in [3.8, 4) is 0 Å². The molecule has 0 aromatic heterocycles. The summed E-state index contributed by atoms with van der Waals surface area (Å²) in [5.74, 6) is -2.13. The van der Waals surface area contributed by atoms with Crippen LogP contribution in [0.25, 0.3) is 0 Å². The summed E-state index contributed by atoms with van der Waals surface area (Å²) in [6, 6.07) is 2.45. The van der Waals surface area contributed by atoms with E-state index in [2.05, 4.69) is 0 Å². The summed E-state index contributed by atoms with van der Waals surface area (Å²) in [7, 11) is 0. The highest BCUT2D eigenvalue weighted by molar-refractivity contribution is 6.00. The van der Waals surface area contributed by atoms with Crippen LogP contribution in [-0.4, -0.2) is 35.8 Å². The molecule has 0 saturated carbocycles. The fraction of sp³-hybridized carbons (Fsp3) is 0.467. The van der Waals surface area contributed by atoms with Crippen molar-refractivity contribution in [2.24, 2.45) is 5.92 Å². The van der Waals surface area contributed by atoms with Gasteiger partial charge in [0.15, 0.2) is 0 Å². The lowest BCUT2D eigenvalue weighted by Crippen LogP contribution is -2.58. The van der Waals surface area contributed by atoms with E-state index in [1.807, 2.05) is 0 Å². The fourth-order valence-electron chi connectivity index (χ4n) is 2.44. The third-order valence-corrected chi connectivity index (χ3v) is 3.63. The van der Waals surface area contributed by atoms with Crippen LogP contribution >= 0.6 is 0 Å². The van der Waals surface area contributed by atoms with Gasteiger partial charge in [0.1, 0.15) is 17.7 Å². The monoisotopic (exact) mass is 296 g/mol. The number of benzene rings is 1. The van der Waals surface area contributed by atoms with Crippen LogP contribution in [0.3, 0.4) is 0 Å². The molecule has 1 saturated heterocycles. The Bertz CT molecular complexity index is 575. The number of anilines is 1. The van der Waals surface area contributed by atoms with Crippen molar-refractivity contribution in [1.82, 2.24) is 4.90 Å². The first-order valence-electron chi connectivity index (χ1n) is 6.90. The minimum atomic E-state index is -0.779. The van der Waals surface area contributed by atoms with E-state index in [1.165, 1.54) is 15.9 Å². The largest absolute Gasteiger partial charge is 0.329 e. The maximum Gasteiger partial charge on any atom is 0.249 e. The van der Waals surface area contributed by atoms with Gasteiger partial charge in [0.05, 0.1) is 5.69 Å². The Hall–Kier alpha value is -1.98. The van der Waals surface area contributed by atoms with E-state index in [-0.39, 0.29) is 30.0 Å². The summed E-state index contributed by atoms with van der Waals surface area (Å²) in [5.41, 5.74) is 0.0462. The number of nitrogens with zero attached hydrogens (tertiary/aromatic N) is 2. The molecule has 0 unspecified atom stereocenters. The van der Waals surface area contributed by atoms with Gasteiger partial charge in [-0.3, -0.25) is 9.59 Å². The lowest BCUT2D eigenvalue weighted by molar-refractivity contribution is -0.143. The second-order valence-corrected chi connectivity index (χ2v) is 5.45. The zero-order valence-electron chi connectivity index (χ0n) is 12.3. The summed E-state index contributed by atoms with van der Waals surface area (Å²) in [5, 5.41) is 0. The van der Waals surface area contributed by atoms with Gasteiger partial charge in [0, 0.05) is 25.1 Å². The number of hydrogen-bond acceptors (Lipinski definition) is 2. The van der Waals surface area contributed by atoms with Gasteiger partial charge >= 0.3 is 0 Å². The molecule has 1 fully saturated rings. The van der Waals surface area contributed by atoms with Crippen molar-refractivity contribution >= 4 is 17.5 Å². The molecule has 1 aliphatic rings. The first-order valence-corrected chi connectivity index (χ1v) is 6.90. The van der Waals surface area contributed by atoms with Gasteiger partial charge in [0.2, 0.25) is 11.8 Å². The SMILES string of the molecule is CC(C)C(=O)N1CCN(c2ccc(F)cc2F)C(=O)[C@H]1C. The minimum Gasteiger partial charge on any atom is -0.329 e. The van der Waals surface area contributed by atoms with E-state index in [4.69, 9.17) is 0 Å². The lowest BCUT2D eigenvalue weighted by Gasteiger charge is -2.39. The van der Waals surface area contributed by atoms with Crippen molar-refractivity contribution in [2.45, 2.75) is 26.8 Å². The van der Waals surface area contributed by atoms with E-state index in [9.17, 15) is 18.4 Å². The minimum absolute atomic E-state index is 0.0462. The van der Waals surface area contributed by atoms with Crippen LogP contribution in [0.1, 0.15) is 20.8 Å². The van der Waals surface area contributed by atoms with Crippen molar-refractivity contribution < 1.29 is 18.4 Å². The molecule has 0 radical (unpaired) electrons. The first kappa shape index (κ1) is 15.4. The molecule has 114 valence electrons. The van der Waals surface area contributed by atoms with Crippen molar-refractivity contribution in [1.29, 1.82) is 0 Å². The molecular formula is C15H18F2N2O2. The second kappa shape index (κ2) is 5.79. The predicted octanol–water partition coefficient (Wildman–Crippen LogP) is 2.18. The molecule has 1 heterocycles. The number of piperazine rings is 1. The fourth-order valence-corrected chi connectivity index (χ4v) is 2.44. The molecule has 0 aliphatic carbocycles. The summed E-state index contributed by atoms with van der Waals surface area (Å²) in [6.07, 6.45) is 0. The van der Waals surface area contributed by atoms with Gasteiger partial charge in [-0.2, -0.15) is 0 Å². The van der Waals surface area contributed by atoms with Gasteiger partial charge in [-0.15, -0.1) is 0 Å². The van der Waals surface area contributed by atoms with E-state index >= 15 is 0 Å². The normalized spacial score (nSPS) is 19.3. The summed E-state index contributed by atoms with van der Waals surface area (Å²) in [6.45, 7) is 5.69. The van der Waals surface area contributed by atoms with E-state index in [0.29, 0.717) is 6.54 Å². The third kappa shape index (κ3) is 2.89. The molecule has 21 heavy (non-hydrogen) atoms. The molecule has 0 N–H and O–H groups in total. The van der Waals surface area contributed by atoms with Gasteiger partial charge in [0.25, 0.3) is 0 Å². The summed E-state index contributed by atoms with van der Waals surface area (Å²) >= 11 is 0. The molecule has 1 aliphatic heterocycles. The molecule has 1 aromatic carbocycles. The van der Waals surface area contributed by atoms with Crippen LogP contribution in [0.15, 0.2) is 18.2 Å². The maximum absolute atomic E-state index is 13.8. The zero-order valence-corrected chi connectivity index (χ0v) is 12.3. The Morgan fingerprint density at radius 1 is 1.29 bits per heavy atom. The lowest BCUT2D eigenvalue weighted by atomic mass is 10.1. The number of rotatable bonds is 2. The molecule has 2 amide bonds. The Morgan fingerprint density at radius 2 is 1.95 bits per heavy atom. The number of amides is 2. The quantitative estimate of drug-likeness (QED) is 0.839. The number of carbonyl (C=O) groups excluding carboxylic acids is 2. The highest BCUT2D eigenvalue weighted by atomic mass is 19.1. The van der Waals surface area contributed by atoms with Gasteiger partial charge in [-0.1, -0.05) is 13.8 Å². The van der Waals surface area contributed by atoms with Crippen LogP contribution in [-0.2, 0) is 9.59 Å². The Morgan fingerprint density at radius 3 is 2.52 bits per heavy atom. The average Bonchev–Trinajstić information content (AvgIpc) is 2.42. The Kier molecular flexibility index (Phi) is 4.25. The molecule has 0 bridgehead atoms. The molecule has 1 atom stereocenters. The molecule has 2 rings (SSSR count). The average molecular weight is 296 g/mol. The Balaban J connectivity index is 2.23. The van der Waals surface area contributed by atoms with Gasteiger partial charge in [-0.05, 0) is 19.1 Å². The predicted molar refractivity (Wildman–Crippen MR) is 74.7 cm³/mol. The summed E-state index contributed by atoms with van der Waals surface area (Å²) in [4.78, 5) is 27.2. The first-order chi connectivity index (χ1) is 9.82. The van der Waals surface area contributed by atoms with Crippen molar-refractivity contribution in [2.75, 3.05) is 18.0 Å². The smallest absolute Gasteiger partial charge is 0.249 e. The number of hydrogen-bond donors (Lipinski definition) is 0. The molecule has 1 aromatic rings. The highest BCUT2D eigenvalue weighted by Gasteiger charge is 2.36. The Labute approximate surface area is 122 Å². The number of carbonyl (C=O) groups is 2. The van der Waals surface area contributed by atoms with Gasteiger partial charge in [-0.25, -0.2) is 8.78 Å². The molecular weight excluding hydrogens is 278 g/mol. The van der Waals surface area contributed by atoms with Crippen molar-refractivity contribution in [3.05, 3.63) is 29.8 Å². The molecule has 4 nitrogen and oxygen atoms in total. The topological polar surface area (TPSA) is 40.6 Å². The molecule has 6 heteroatoms. The highest BCUT2D eigenvalue weighted by Crippen LogP contribution is 2.24. The standard InChI is InChI=1S/C15H18F2N2O2/c1-9(2)14(20)18-6-7-19(15(21)10(18)3)13-5-4-11(16)8-12(13)17/h4-5,8-10H,6-7H2,1-3H3/t10-/m1/s1. The van der Waals surface area contributed by atoms with Crippen molar-refractivity contribution in [3.63, 3.8) is 0 Å². The van der Waals surface area contributed by atoms with Crippen LogP contribution < -0.4 is 4.90 Å². The van der Waals surface area contributed by atoms with Crippen LogP contribution in [0, 0.1) is 17.6 Å². The third-order valence-electron chi connectivity index (χ3n) is 3.63.